The fourth-order valence-electron chi connectivity index (χ4n) is 3.14. The molecule has 0 bridgehead atoms. The molecule has 1 aromatic heterocycles. The van der Waals surface area contributed by atoms with Crippen LogP contribution >= 0.6 is 0 Å². The van der Waals surface area contributed by atoms with Gasteiger partial charge in [-0.15, -0.1) is 5.10 Å². The molecule has 7 nitrogen and oxygen atoms in total. The van der Waals surface area contributed by atoms with Gasteiger partial charge >= 0.3 is 0 Å². The summed E-state index contributed by atoms with van der Waals surface area (Å²) in [4.78, 5) is 29.2. The Morgan fingerprint density at radius 2 is 2.00 bits per heavy atom. The van der Waals surface area contributed by atoms with E-state index in [1.54, 1.807) is 0 Å². The quantitative estimate of drug-likeness (QED) is 0.910. The smallest absolute Gasteiger partial charge is 0.288 e. The van der Waals surface area contributed by atoms with Gasteiger partial charge in [0.25, 0.3) is 5.91 Å². The Kier molecular flexibility index (Phi) is 3.63. The van der Waals surface area contributed by atoms with E-state index in [1.807, 2.05) is 35.2 Å². The normalized spacial score (nSPS) is 19.2. The zero-order valence-corrected chi connectivity index (χ0v) is 13.1. The lowest BCUT2D eigenvalue weighted by molar-refractivity contribution is -0.153. The van der Waals surface area contributed by atoms with Crippen LogP contribution in [0.3, 0.4) is 0 Å². The maximum Gasteiger partial charge on any atom is 0.288 e. The van der Waals surface area contributed by atoms with E-state index in [0.717, 1.165) is 5.56 Å². The fourth-order valence-corrected chi connectivity index (χ4v) is 3.14. The minimum absolute atomic E-state index is 0.0256. The molecule has 0 aliphatic carbocycles. The SMILES string of the molecule is CC1(C)CN(C(=O)Cn2cnc(C(N)=O)n2)C1c1ccccc1. The van der Waals surface area contributed by atoms with Crippen molar-refractivity contribution in [3.05, 3.63) is 48.0 Å². The number of hydrogen-bond donors (Lipinski definition) is 1. The molecule has 1 saturated heterocycles. The molecule has 7 heteroatoms. The summed E-state index contributed by atoms with van der Waals surface area (Å²) in [5.41, 5.74) is 6.26. The first-order valence-electron chi connectivity index (χ1n) is 7.42. The van der Waals surface area contributed by atoms with Crippen molar-refractivity contribution in [3.8, 4) is 0 Å². The minimum Gasteiger partial charge on any atom is -0.363 e. The lowest BCUT2D eigenvalue weighted by atomic mass is 9.71. The van der Waals surface area contributed by atoms with Crippen LogP contribution in [0.15, 0.2) is 36.7 Å². The third-order valence-corrected chi connectivity index (χ3v) is 4.12. The predicted molar refractivity (Wildman–Crippen MR) is 83.2 cm³/mol. The lowest BCUT2D eigenvalue weighted by Gasteiger charge is -2.54. The summed E-state index contributed by atoms with van der Waals surface area (Å²) in [5.74, 6) is -0.844. The Hall–Kier alpha value is -2.70. The highest BCUT2D eigenvalue weighted by Crippen LogP contribution is 2.48. The molecule has 0 saturated carbocycles. The van der Waals surface area contributed by atoms with Gasteiger partial charge in [0.15, 0.2) is 0 Å². The summed E-state index contributed by atoms with van der Waals surface area (Å²) in [5, 5.41) is 3.91. The third kappa shape index (κ3) is 2.81. The average molecular weight is 313 g/mol. The first kappa shape index (κ1) is 15.2. The van der Waals surface area contributed by atoms with E-state index in [4.69, 9.17) is 5.73 Å². The summed E-state index contributed by atoms with van der Waals surface area (Å²) in [6, 6.07) is 10.0. The largest absolute Gasteiger partial charge is 0.363 e. The molecule has 1 atom stereocenters. The number of amides is 2. The number of nitrogens with zero attached hydrogens (tertiary/aromatic N) is 4. The zero-order valence-electron chi connectivity index (χ0n) is 13.1. The average Bonchev–Trinajstić information content (AvgIpc) is 2.95. The summed E-state index contributed by atoms with van der Waals surface area (Å²) < 4.78 is 1.34. The molecule has 1 aliphatic rings. The molecule has 0 radical (unpaired) electrons. The molecule has 1 aliphatic heterocycles. The van der Waals surface area contributed by atoms with Crippen LogP contribution in [0.4, 0.5) is 0 Å². The molecule has 120 valence electrons. The minimum atomic E-state index is -0.705. The molecule has 1 unspecified atom stereocenters. The van der Waals surface area contributed by atoms with Crippen LogP contribution in [0.2, 0.25) is 0 Å². The van der Waals surface area contributed by atoms with Gasteiger partial charge in [0, 0.05) is 12.0 Å². The van der Waals surface area contributed by atoms with Gasteiger partial charge in [-0.1, -0.05) is 44.2 Å². The number of aromatic nitrogens is 3. The van der Waals surface area contributed by atoms with Crippen molar-refractivity contribution >= 4 is 11.8 Å². The number of nitrogens with two attached hydrogens (primary N) is 1. The van der Waals surface area contributed by atoms with Gasteiger partial charge in [-0.05, 0) is 5.56 Å². The Balaban J connectivity index is 1.75. The number of likely N-dealkylation sites (tertiary alicyclic amines) is 1. The van der Waals surface area contributed by atoms with E-state index in [0.29, 0.717) is 6.54 Å². The van der Waals surface area contributed by atoms with Gasteiger partial charge in [-0.2, -0.15) is 0 Å². The van der Waals surface area contributed by atoms with Crippen LogP contribution in [0.5, 0.6) is 0 Å². The lowest BCUT2D eigenvalue weighted by Crippen LogP contribution is -2.58. The van der Waals surface area contributed by atoms with Crippen LogP contribution in [-0.2, 0) is 11.3 Å². The summed E-state index contributed by atoms with van der Waals surface area (Å²) >= 11 is 0. The highest BCUT2D eigenvalue weighted by Gasteiger charge is 2.48. The second-order valence-corrected chi connectivity index (χ2v) is 6.45. The Labute approximate surface area is 134 Å². The van der Waals surface area contributed by atoms with Crippen LogP contribution in [-0.4, -0.2) is 38.0 Å². The van der Waals surface area contributed by atoms with Crippen molar-refractivity contribution < 1.29 is 9.59 Å². The summed E-state index contributed by atoms with van der Waals surface area (Å²) in [7, 11) is 0. The second kappa shape index (κ2) is 5.49. The third-order valence-electron chi connectivity index (χ3n) is 4.12. The maximum atomic E-state index is 12.6. The highest BCUT2D eigenvalue weighted by molar-refractivity contribution is 5.88. The molecule has 2 aromatic rings. The van der Waals surface area contributed by atoms with Gasteiger partial charge in [-0.25, -0.2) is 9.67 Å². The van der Waals surface area contributed by atoms with Crippen LogP contribution in [0, 0.1) is 5.41 Å². The van der Waals surface area contributed by atoms with Crippen molar-refractivity contribution in [3.63, 3.8) is 0 Å². The van der Waals surface area contributed by atoms with Gasteiger partial charge in [0.1, 0.15) is 12.9 Å². The van der Waals surface area contributed by atoms with Crippen molar-refractivity contribution in [2.75, 3.05) is 6.54 Å². The molecule has 23 heavy (non-hydrogen) atoms. The first-order chi connectivity index (χ1) is 10.9. The number of rotatable bonds is 4. The topological polar surface area (TPSA) is 94.1 Å². The molecule has 2 N–H and O–H groups in total. The van der Waals surface area contributed by atoms with E-state index in [9.17, 15) is 9.59 Å². The van der Waals surface area contributed by atoms with Crippen molar-refractivity contribution in [1.29, 1.82) is 0 Å². The van der Waals surface area contributed by atoms with Crippen molar-refractivity contribution in [2.45, 2.75) is 26.4 Å². The molecule has 2 amide bonds. The number of carbonyl (C=O) groups is 2. The second-order valence-electron chi connectivity index (χ2n) is 6.45. The molecular weight excluding hydrogens is 294 g/mol. The van der Waals surface area contributed by atoms with E-state index in [2.05, 4.69) is 23.9 Å². The van der Waals surface area contributed by atoms with Gasteiger partial charge in [0.05, 0.1) is 6.04 Å². The fraction of sp³-hybridized carbons (Fsp3) is 0.375. The number of carbonyl (C=O) groups excluding carboxylic acids is 2. The van der Waals surface area contributed by atoms with Gasteiger partial charge in [-0.3, -0.25) is 9.59 Å². The number of hydrogen-bond acceptors (Lipinski definition) is 4. The first-order valence-corrected chi connectivity index (χ1v) is 7.42. The van der Waals surface area contributed by atoms with Crippen LogP contribution in [0.25, 0.3) is 0 Å². The molecule has 1 fully saturated rings. The Morgan fingerprint density at radius 1 is 1.30 bits per heavy atom. The van der Waals surface area contributed by atoms with Gasteiger partial charge < -0.3 is 10.6 Å². The molecular formula is C16H19N5O2. The standard InChI is InChI=1S/C16H19N5O2/c1-16(2)9-21(13(16)11-6-4-3-5-7-11)12(22)8-20-10-18-15(19-20)14(17)23/h3-7,10,13H,8-9H2,1-2H3,(H2,17,23). The number of primary amides is 1. The van der Waals surface area contributed by atoms with Crippen molar-refractivity contribution in [1.82, 2.24) is 19.7 Å². The summed E-state index contributed by atoms with van der Waals surface area (Å²) in [6.45, 7) is 5.02. The van der Waals surface area contributed by atoms with Crippen LogP contribution < -0.4 is 5.73 Å². The van der Waals surface area contributed by atoms with E-state index in [-0.39, 0.29) is 29.7 Å². The predicted octanol–water partition coefficient (Wildman–Crippen LogP) is 0.987. The Morgan fingerprint density at radius 3 is 2.57 bits per heavy atom. The van der Waals surface area contributed by atoms with E-state index < -0.39 is 5.91 Å². The zero-order chi connectivity index (χ0) is 16.6. The number of benzene rings is 1. The molecule has 3 rings (SSSR count). The van der Waals surface area contributed by atoms with E-state index >= 15 is 0 Å². The highest BCUT2D eigenvalue weighted by atomic mass is 16.2. The Bertz CT molecular complexity index is 738. The molecule has 1 aromatic carbocycles. The van der Waals surface area contributed by atoms with Gasteiger partial charge in [0.2, 0.25) is 11.7 Å². The van der Waals surface area contributed by atoms with Crippen LogP contribution in [0.1, 0.15) is 36.1 Å². The van der Waals surface area contributed by atoms with Crippen molar-refractivity contribution in [2.24, 2.45) is 11.1 Å². The summed E-state index contributed by atoms with van der Waals surface area (Å²) in [6.07, 6.45) is 1.35. The maximum absolute atomic E-state index is 12.6. The molecule has 0 spiro atoms. The molecule has 2 heterocycles. The monoisotopic (exact) mass is 313 g/mol. The van der Waals surface area contributed by atoms with E-state index in [1.165, 1.54) is 11.0 Å².